The Labute approximate surface area is 94.2 Å². The van der Waals surface area contributed by atoms with E-state index in [1.54, 1.807) is 0 Å². The number of hydrogen-bond acceptors (Lipinski definition) is 5. The van der Waals surface area contributed by atoms with Gasteiger partial charge in [0.15, 0.2) is 0 Å². The molecule has 4 N–H and O–H groups in total. The van der Waals surface area contributed by atoms with Crippen LogP contribution in [0.1, 0.15) is 20.3 Å². The molecule has 0 bridgehead atoms. The Hall–Kier alpha value is -0.690. The van der Waals surface area contributed by atoms with Gasteiger partial charge in [-0.3, -0.25) is 4.79 Å². The third-order valence-electron chi connectivity index (χ3n) is 2.80. The van der Waals surface area contributed by atoms with Gasteiger partial charge in [-0.05, 0) is 6.42 Å². The molecule has 5 atom stereocenters. The van der Waals surface area contributed by atoms with Gasteiger partial charge in [0, 0.05) is 6.92 Å². The number of rotatable bonds is 3. The van der Waals surface area contributed by atoms with E-state index in [4.69, 9.17) is 9.84 Å². The molecule has 6 nitrogen and oxygen atoms in total. The summed E-state index contributed by atoms with van der Waals surface area (Å²) in [4.78, 5) is 11.0. The van der Waals surface area contributed by atoms with E-state index in [1.807, 2.05) is 6.92 Å². The largest absolute Gasteiger partial charge is 0.394 e. The summed E-state index contributed by atoms with van der Waals surface area (Å²) in [5.41, 5.74) is 0. The van der Waals surface area contributed by atoms with Gasteiger partial charge in [-0.2, -0.15) is 0 Å². The van der Waals surface area contributed by atoms with Gasteiger partial charge in [0.1, 0.15) is 18.3 Å². The van der Waals surface area contributed by atoms with Crippen molar-refractivity contribution < 1.29 is 24.9 Å². The van der Waals surface area contributed by atoms with Crippen molar-refractivity contribution in [2.75, 3.05) is 6.61 Å². The van der Waals surface area contributed by atoms with E-state index < -0.39 is 30.5 Å². The maximum absolute atomic E-state index is 11.0. The molecule has 1 aliphatic heterocycles. The zero-order chi connectivity index (χ0) is 12.3. The third kappa shape index (κ3) is 2.70. The monoisotopic (exact) mass is 233 g/mol. The highest BCUT2D eigenvalue weighted by Crippen LogP contribution is 2.22. The average Bonchev–Trinajstić information content (AvgIpc) is 2.25. The second-order valence-electron chi connectivity index (χ2n) is 4.01. The van der Waals surface area contributed by atoms with Crippen molar-refractivity contribution in [2.24, 2.45) is 0 Å². The minimum atomic E-state index is -1.19. The molecular weight excluding hydrogens is 214 g/mol. The summed E-state index contributed by atoms with van der Waals surface area (Å²) in [6.07, 6.45) is -2.94. The number of amides is 1. The number of aliphatic hydroxyl groups is 3. The van der Waals surface area contributed by atoms with Gasteiger partial charge < -0.3 is 25.4 Å². The Morgan fingerprint density at radius 1 is 1.31 bits per heavy atom. The Morgan fingerprint density at radius 3 is 2.38 bits per heavy atom. The second-order valence-corrected chi connectivity index (χ2v) is 4.01. The smallest absolute Gasteiger partial charge is 0.217 e. The molecule has 0 aromatic heterocycles. The fourth-order valence-corrected chi connectivity index (χ4v) is 1.96. The van der Waals surface area contributed by atoms with Crippen LogP contribution in [0.15, 0.2) is 0 Å². The van der Waals surface area contributed by atoms with Crippen molar-refractivity contribution >= 4 is 5.91 Å². The van der Waals surface area contributed by atoms with Crippen LogP contribution in [0.3, 0.4) is 0 Å². The standard InChI is InChI=1S/C10H19NO5/c1-3-6-8(11-5(2)13)10(15)9(14)7(4-12)16-6/h6-10,12,14-15H,3-4H2,1-2H3,(H,11,13). The first-order valence-electron chi connectivity index (χ1n) is 5.40. The minimum absolute atomic E-state index is 0.291. The summed E-state index contributed by atoms with van der Waals surface area (Å²) in [6, 6.07) is -0.639. The molecular formula is C10H19NO5. The maximum atomic E-state index is 11.0. The minimum Gasteiger partial charge on any atom is -0.394 e. The molecule has 0 spiro atoms. The molecule has 1 fully saturated rings. The van der Waals surface area contributed by atoms with Gasteiger partial charge in [0.05, 0.1) is 18.8 Å². The van der Waals surface area contributed by atoms with Crippen molar-refractivity contribution in [3.05, 3.63) is 0 Å². The lowest BCUT2D eigenvalue weighted by Crippen LogP contribution is -2.63. The maximum Gasteiger partial charge on any atom is 0.217 e. The number of nitrogens with one attached hydrogen (secondary N) is 1. The van der Waals surface area contributed by atoms with Gasteiger partial charge in [0.25, 0.3) is 0 Å². The van der Waals surface area contributed by atoms with Crippen LogP contribution in [-0.4, -0.2) is 58.3 Å². The summed E-state index contributed by atoms with van der Waals surface area (Å²) in [5, 5.41) is 31.0. The lowest BCUT2D eigenvalue weighted by atomic mass is 9.91. The number of ether oxygens (including phenoxy) is 1. The molecule has 0 aromatic carbocycles. The highest BCUT2D eigenvalue weighted by Gasteiger charge is 2.43. The van der Waals surface area contributed by atoms with Gasteiger partial charge in [-0.25, -0.2) is 0 Å². The lowest BCUT2D eigenvalue weighted by molar-refractivity contribution is -0.195. The summed E-state index contributed by atoms with van der Waals surface area (Å²) >= 11 is 0. The predicted octanol–water partition coefficient (Wildman–Crippen LogP) is -1.62. The molecule has 0 radical (unpaired) electrons. The predicted molar refractivity (Wildman–Crippen MR) is 55.7 cm³/mol. The van der Waals surface area contributed by atoms with Gasteiger partial charge in [-0.1, -0.05) is 6.92 Å². The first-order chi connectivity index (χ1) is 7.51. The second kappa shape index (κ2) is 5.58. The molecule has 5 unspecified atom stereocenters. The summed E-state index contributed by atoms with van der Waals surface area (Å²) in [5.74, 6) is -0.291. The number of carbonyl (C=O) groups excluding carboxylic acids is 1. The number of hydrogen-bond donors (Lipinski definition) is 4. The van der Waals surface area contributed by atoms with Crippen LogP contribution >= 0.6 is 0 Å². The fourth-order valence-electron chi connectivity index (χ4n) is 1.96. The fraction of sp³-hybridized carbons (Fsp3) is 0.900. The van der Waals surface area contributed by atoms with Crippen LogP contribution < -0.4 is 5.32 Å². The average molecular weight is 233 g/mol. The molecule has 94 valence electrons. The van der Waals surface area contributed by atoms with Gasteiger partial charge >= 0.3 is 0 Å². The quantitative estimate of drug-likeness (QED) is 0.470. The van der Waals surface area contributed by atoms with E-state index in [9.17, 15) is 15.0 Å². The zero-order valence-electron chi connectivity index (χ0n) is 9.46. The van der Waals surface area contributed by atoms with E-state index in [0.29, 0.717) is 6.42 Å². The third-order valence-corrected chi connectivity index (χ3v) is 2.80. The Kier molecular flexibility index (Phi) is 4.67. The first kappa shape index (κ1) is 13.4. The van der Waals surface area contributed by atoms with E-state index >= 15 is 0 Å². The number of carbonyl (C=O) groups is 1. The summed E-state index contributed by atoms with van der Waals surface area (Å²) < 4.78 is 5.41. The van der Waals surface area contributed by atoms with Crippen molar-refractivity contribution in [3.8, 4) is 0 Å². The molecule has 1 saturated heterocycles. The van der Waals surface area contributed by atoms with E-state index in [-0.39, 0.29) is 12.5 Å². The first-order valence-corrected chi connectivity index (χ1v) is 5.40. The molecule has 0 aliphatic carbocycles. The van der Waals surface area contributed by atoms with Crippen molar-refractivity contribution in [1.82, 2.24) is 5.32 Å². The van der Waals surface area contributed by atoms with Crippen LogP contribution in [0, 0.1) is 0 Å². The number of aliphatic hydroxyl groups excluding tert-OH is 3. The van der Waals surface area contributed by atoms with Crippen molar-refractivity contribution in [2.45, 2.75) is 50.7 Å². The molecule has 0 saturated carbocycles. The SMILES string of the molecule is CCC1OC(CO)C(O)C(O)C1NC(C)=O. The van der Waals surface area contributed by atoms with E-state index in [2.05, 4.69) is 5.32 Å². The van der Waals surface area contributed by atoms with Crippen LogP contribution in [0.4, 0.5) is 0 Å². The Balaban J connectivity index is 2.77. The van der Waals surface area contributed by atoms with Crippen LogP contribution in [-0.2, 0) is 9.53 Å². The molecule has 0 aromatic rings. The molecule has 1 amide bonds. The van der Waals surface area contributed by atoms with Crippen molar-refractivity contribution in [3.63, 3.8) is 0 Å². The Bertz CT molecular complexity index is 245. The summed E-state index contributed by atoms with van der Waals surface area (Å²) in [7, 11) is 0. The van der Waals surface area contributed by atoms with Crippen LogP contribution in [0.25, 0.3) is 0 Å². The topological polar surface area (TPSA) is 99.0 Å². The normalized spacial score (nSPS) is 39.4. The van der Waals surface area contributed by atoms with E-state index in [0.717, 1.165) is 0 Å². The summed E-state index contributed by atoms with van der Waals surface area (Å²) in [6.45, 7) is 2.82. The highest BCUT2D eigenvalue weighted by molar-refractivity contribution is 5.73. The van der Waals surface area contributed by atoms with E-state index in [1.165, 1.54) is 6.92 Å². The van der Waals surface area contributed by atoms with Gasteiger partial charge in [-0.15, -0.1) is 0 Å². The Morgan fingerprint density at radius 2 is 1.94 bits per heavy atom. The lowest BCUT2D eigenvalue weighted by Gasteiger charge is -2.42. The molecule has 6 heteroatoms. The van der Waals surface area contributed by atoms with Crippen molar-refractivity contribution in [1.29, 1.82) is 0 Å². The van der Waals surface area contributed by atoms with Crippen LogP contribution in [0.5, 0.6) is 0 Å². The van der Waals surface area contributed by atoms with Gasteiger partial charge in [0.2, 0.25) is 5.91 Å². The zero-order valence-corrected chi connectivity index (χ0v) is 9.46. The molecule has 1 aliphatic rings. The molecule has 1 rings (SSSR count). The molecule has 1 heterocycles. The van der Waals surface area contributed by atoms with Crippen LogP contribution in [0.2, 0.25) is 0 Å². The molecule has 16 heavy (non-hydrogen) atoms. The highest BCUT2D eigenvalue weighted by atomic mass is 16.5.